The molecule has 1 aromatic carbocycles. The Labute approximate surface area is 119 Å². The summed E-state index contributed by atoms with van der Waals surface area (Å²) < 4.78 is 23.5. The second-order valence-corrected chi connectivity index (χ2v) is 6.77. The number of primary sulfonamides is 1. The summed E-state index contributed by atoms with van der Waals surface area (Å²) in [4.78, 5) is 9.00. The molecule has 0 saturated heterocycles. The minimum absolute atomic E-state index is 0.0755. The van der Waals surface area contributed by atoms with Crippen molar-refractivity contribution in [1.29, 1.82) is 0 Å². The van der Waals surface area contributed by atoms with E-state index in [0.29, 0.717) is 5.82 Å². The first kappa shape index (κ1) is 13.0. The SMILES string of the molecule is Nc1ncnc2cc(-c3cccc(S(N)(=O)=O)c3)sc12. The lowest BCUT2D eigenvalue weighted by atomic mass is 10.2. The van der Waals surface area contributed by atoms with Crippen molar-refractivity contribution < 1.29 is 8.42 Å². The Morgan fingerprint density at radius 2 is 1.95 bits per heavy atom. The largest absolute Gasteiger partial charge is 0.382 e. The van der Waals surface area contributed by atoms with Gasteiger partial charge in [-0.1, -0.05) is 12.1 Å². The number of anilines is 1. The number of nitrogens with zero attached hydrogens (tertiary/aromatic N) is 2. The van der Waals surface area contributed by atoms with Crippen molar-refractivity contribution >= 4 is 37.4 Å². The molecule has 2 heterocycles. The maximum atomic E-state index is 11.4. The number of rotatable bonds is 2. The summed E-state index contributed by atoms with van der Waals surface area (Å²) in [5, 5.41) is 5.14. The molecular formula is C12H10N4O2S2. The van der Waals surface area contributed by atoms with Crippen molar-refractivity contribution in [3.05, 3.63) is 36.7 Å². The molecule has 102 valence electrons. The molecule has 0 radical (unpaired) electrons. The molecule has 0 unspecified atom stereocenters. The van der Waals surface area contributed by atoms with Gasteiger partial charge < -0.3 is 5.73 Å². The number of hydrogen-bond donors (Lipinski definition) is 2. The number of thiophene rings is 1. The van der Waals surface area contributed by atoms with Crippen molar-refractivity contribution in [3.63, 3.8) is 0 Å². The number of sulfonamides is 1. The lowest BCUT2D eigenvalue weighted by molar-refractivity contribution is 0.598. The van der Waals surface area contributed by atoms with Crippen LogP contribution in [0.3, 0.4) is 0 Å². The number of hydrogen-bond acceptors (Lipinski definition) is 6. The average Bonchev–Trinajstić information content (AvgIpc) is 2.83. The molecule has 0 saturated carbocycles. The summed E-state index contributed by atoms with van der Waals surface area (Å²) in [7, 11) is -3.72. The summed E-state index contributed by atoms with van der Waals surface area (Å²) in [6, 6.07) is 8.29. The molecule has 20 heavy (non-hydrogen) atoms. The lowest BCUT2D eigenvalue weighted by Gasteiger charge is -2.01. The highest BCUT2D eigenvalue weighted by Crippen LogP contribution is 2.35. The lowest BCUT2D eigenvalue weighted by Crippen LogP contribution is -2.11. The maximum Gasteiger partial charge on any atom is 0.238 e. The van der Waals surface area contributed by atoms with Crippen LogP contribution in [0.1, 0.15) is 0 Å². The third-order valence-electron chi connectivity index (χ3n) is 2.79. The van der Waals surface area contributed by atoms with Gasteiger partial charge in [0, 0.05) is 4.88 Å². The predicted molar refractivity (Wildman–Crippen MR) is 78.6 cm³/mol. The van der Waals surface area contributed by atoms with E-state index in [2.05, 4.69) is 9.97 Å². The Morgan fingerprint density at radius 1 is 1.15 bits per heavy atom. The van der Waals surface area contributed by atoms with Gasteiger partial charge in [0.25, 0.3) is 0 Å². The first-order valence-corrected chi connectivity index (χ1v) is 7.95. The van der Waals surface area contributed by atoms with E-state index in [1.165, 1.54) is 29.8 Å². The normalized spacial score (nSPS) is 11.8. The van der Waals surface area contributed by atoms with Gasteiger partial charge in [-0.3, -0.25) is 0 Å². The first-order valence-electron chi connectivity index (χ1n) is 5.58. The van der Waals surface area contributed by atoms with Crippen LogP contribution < -0.4 is 10.9 Å². The predicted octanol–water partition coefficient (Wildman–Crippen LogP) is 1.59. The zero-order valence-electron chi connectivity index (χ0n) is 10.1. The Hall–Kier alpha value is -2.03. The molecule has 4 N–H and O–H groups in total. The third-order valence-corrected chi connectivity index (χ3v) is 4.89. The van der Waals surface area contributed by atoms with Crippen LogP contribution in [0.2, 0.25) is 0 Å². The summed E-state index contributed by atoms with van der Waals surface area (Å²) in [6.07, 6.45) is 1.40. The monoisotopic (exact) mass is 306 g/mol. The van der Waals surface area contributed by atoms with E-state index >= 15 is 0 Å². The van der Waals surface area contributed by atoms with Gasteiger partial charge in [0.05, 0.1) is 15.1 Å². The second-order valence-electron chi connectivity index (χ2n) is 4.16. The highest BCUT2D eigenvalue weighted by Gasteiger charge is 2.12. The Kier molecular flexibility index (Phi) is 2.93. The first-order chi connectivity index (χ1) is 9.45. The molecule has 0 fully saturated rings. The number of fused-ring (bicyclic) bond motifs is 1. The van der Waals surface area contributed by atoms with Crippen molar-refractivity contribution in [1.82, 2.24) is 9.97 Å². The fraction of sp³-hybridized carbons (Fsp3) is 0. The van der Waals surface area contributed by atoms with Gasteiger partial charge in [-0.05, 0) is 23.8 Å². The third kappa shape index (κ3) is 2.24. The standard InChI is InChI=1S/C12H10N4O2S2/c13-12-11-9(15-6-16-12)5-10(19-11)7-2-1-3-8(4-7)20(14,17)18/h1-6H,(H2,13,15,16)(H2,14,17,18). The van der Waals surface area contributed by atoms with Gasteiger partial charge in [0.1, 0.15) is 12.1 Å². The number of benzene rings is 1. The molecule has 3 rings (SSSR count). The zero-order chi connectivity index (χ0) is 14.3. The van der Waals surface area contributed by atoms with Crippen LogP contribution in [0.15, 0.2) is 41.6 Å². The minimum atomic E-state index is -3.72. The molecular weight excluding hydrogens is 296 g/mol. The summed E-state index contributed by atoms with van der Waals surface area (Å²) in [5.41, 5.74) is 7.27. The van der Waals surface area contributed by atoms with E-state index in [4.69, 9.17) is 10.9 Å². The molecule has 0 bridgehead atoms. The average molecular weight is 306 g/mol. The molecule has 0 aliphatic carbocycles. The molecule has 6 nitrogen and oxygen atoms in total. The van der Waals surface area contributed by atoms with Crippen molar-refractivity contribution in [3.8, 4) is 10.4 Å². The van der Waals surface area contributed by atoms with Gasteiger partial charge in [-0.2, -0.15) is 0 Å². The van der Waals surface area contributed by atoms with Crippen LogP contribution in [0.4, 0.5) is 5.82 Å². The van der Waals surface area contributed by atoms with Crippen LogP contribution >= 0.6 is 11.3 Å². The topological polar surface area (TPSA) is 112 Å². The molecule has 0 aliphatic heterocycles. The van der Waals surface area contributed by atoms with E-state index in [1.807, 2.05) is 12.1 Å². The van der Waals surface area contributed by atoms with Crippen LogP contribution in [-0.2, 0) is 10.0 Å². The van der Waals surface area contributed by atoms with E-state index in [0.717, 1.165) is 20.7 Å². The fourth-order valence-corrected chi connectivity index (χ4v) is 3.41. The van der Waals surface area contributed by atoms with Crippen LogP contribution in [0.25, 0.3) is 20.7 Å². The highest BCUT2D eigenvalue weighted by molar-refractivity contribution is 7.89. The number of nitrogen functional groups attached to an aromatic ring is 1. The van der Waals surface area contributed by atoms with Crippen molar-refractivity contribution in [2.45, 2.75) is 4.90 Å². The fourth-order valence-electron chi connectivity index (χ4n) is 1.84. The van der Waals surface area contributed by atoms with E-state index in [1.54, 1.807) is 6.07 Å². The molecule has 8 heteroatoms. The van der Waals surface area contributed by atoms with Gasteiger partial charge in [0.2, 0.25) is 10.0 Å². The minimum Gasteiger partial charge on any atom is -0.382 e. The summed E-state index contributed by atoms with van der Waals surface area (Å²) >= 11 is 1.41. The Balaban J connectivity index is 2.19. The molecule has 0 atom stereocenters. The number of nitrogens with two attached hydrogens (primary N) is 2. The summed E-state index contributed by atoms with van der Waals surface area (Å²) in [5.74, 6) is 0.411. The van der Waals surface area contributed by atoms with Crippen molar-refractivity contribution in [2.75, 3.05) is 5.73 Å². The Morgan fingerprint density at radius 3 is 2.65 bits per heavy atom. The maximum absolute atomic E-state index is 11.4. The quantitative estimate of drug-likeness (QED) is 0.746. The van der Waals surface area contributed by atoms with Crippen LogP contribution in [0, 0.1) is 0 Å². The van der Waals surface area contributed by atoms with Crippen LogP contribution in [-0.4, -0.2) is 18.4 Å². The van der Waals surface area contributed by atoms with Gasteiger partial charge in [0.15, 0.2) is 0 Å². The molecule has 2 aromatic heterocycles. The summed E-state index contributed by atoms with van der Waals surface area (Å²) in [6.45, 7) is 0. The molecule has 0 spiro atoms. The zero-order valence-corrected chi connectivity index (χ0v) is 11.8. The van der Waals surface area contributed by atoms with E-state index in [9.17, 15) is 8.42 Å². The van der Waals surface area contributed by atoms with Gasteiger partial charge in [-0.15, -0.1) is 11.3 Å². The second kappa shape index (κ2) is 4.51. The van der Waals surface area contributed by atoms with Gasteiger partial charge in [-0.25, -0.2) is 23.5 Å². The van der Waals surface area contributed by atoms with Gasteiger partial charge >= 0.3 is 0 Å². The smallest absolute Gasteiger partial charge is 0.238 e. The van der Waals surface area contributed by atoms with E-state index < -0.39 is 10.0 Å². The Bertz CT molecular complexity index is 903. The molecule has 0 amide bonds. The van der Waals surface area contributed by atoms with Crippen molar-refractivity contribution in [2.24, 2.45) is 5.14 Å². The van der Waals surface area contributed by atoms with E-state index in [-0.39, 0.29) is 4.90 Å². The molecule has 0 aliphatic rings. The number of aromatic nitrogens is 2. The van der Waals surface area contributed by atoms with Crippen LogP contribution in [0.5, 0.6) is 0 Å². The molecule has 3 aromatic rings. The highest BCUT2D eigenvalue weighted by atomic mass is 32.2.